The maximum atomic E-state index is 5.94. The Morgan fingerprint density at radius 1 is 1.39 bits per heavy atom. The van der Waals surface area contributed by atoms with Crippen LogP contribution in [0.3, 0.4) is 0 Å². The van der Waals surface area contributed by atoms with Gasteiger partial charge in [0.05, 0.1) is 19.3 Å². The zero-order valence-corrected chi connectivity index (χ0v) is 11.5. The second-order valence-corrected chi connectivity index (χ2v) is 4.80. The lowest BCUT2D eigenvalue weighted by atomic mass is 9.98. The first-order chi connectivity index (χ1) is 8.80. The molecular weight excluding hydrogens is 226 g/mol. The Labute approximate surface area is 109 Å². The van der Waals surface area contributed by atoms with Crippen molar-refractivity contribution in [2.24, 2.45) is 5.92 Å². The zero-order valence-electron chi connectivity index (χ0n) is 11.5. The number of benzene rings is 1. The van der Waals surface area contributed by atoms with E-state index in [9.17, 15) is 0 Å². The van der Waals surface area contributed by atoms with Gasteiger partial charge in [0, 0.05) is 6.61 Å². The lowest BCUT2D eigenvalue weighted by Crippen LogP contribution is -2.33. The molecule has 1 aromatic carbocycles. The summed E-state index contributed by atoms with van der Waals surface area (Å²) in [6.45, 7) is 2.83. The molecule has 1 fully saturated rings. The van der Waals surface area contributed by atoms with Crippen LogP contribution in [0.15, 0.2) is 24.3 Å². The van der Waals surface area contributed by atoms with E-state index >= 15 is 0 Å². The van der Waals surface area contributed by atoms with E-state index in [0.29, 0.717) is 5.92 Å². The first-order valence-corrected chi connectivity index (χ1v) is 6.73. The van der Waals surface area contributed by atoms with Crippen molar-refractivity contribution in [3.8, 4) is 5.75 Å². The summed E-state index contributed by atoms with van der Waals surface area (Å²) in [5.74, 6) is 1.60. The topological polar surface area (TPSA) is 30.5 Å². The number of likely N-dealkylation sites (N-methyl/N-ethyl adjacent to an activating group) is 1. The molecule has 0 spiro atoms. The van der Waals surface area contributed by atoms with Gasteiger partial charge in [0.25, 0.3) is 0 Å². The SMILES string of the molecule is CCOC(C1CC1)C(NC)c1cccc(OC)c1. The summed E-state index contributed by atoms with van der Waals surface area (Å²) < 4.78 is 11.2. The predicted octanol–water partition coefficient (Wildman–Crippen LogP) is 2.77. The monoisotopic (exact) mass is 249 g/mol. The third-order valence-corrected chi connectivity index (χ3v) is 3.54. The minimum absolute atomic E-state index is 0.243. The van der Waals surface area contributed by atoms with E-state index in [1.54, 1.807) is 7.11 Å². The van der Waals surface area contributed by atoms with Crippen LogP contribution in [0.1, 0.15) is 31.4 Å². The van der Waals surface area contributed by atoms with Crippen LogP contribution in [0.4, 0.5) is 0 Å². The van der Waals surface area contributed by atoms with Gasteiger partial charge in [-0.1, -0.05) is 12.1 Å². The molecule has 100 valence electrons. The third-order valence-electron chi connectivity index (χ3n) is 3.54. The number of rotatable bonds is 7. The van der Waals surface area contributed by atoms with E-state index in [4.69, 9.17) is 9.47 Å². The fourth-order valence-corrected chi connectivity index (χ4v) is 2.48. The van der Waals surface area contributed by atoms with Crippen molar-refractivity contribution >= 4 is 0 Å². The molecule has 0 aromatic heterocycles. The second kappa shape index (κ2) is 6.21. The minimum atomic E-state index is 0.243. The number of methoxy groups -OCH3 is 1. The molecule has 0 saturated heterocycles. The summed E-state index contributed by atoms with van der Waals surface area (Å²) >= 11 is 0. The molecule has 0 bridgehead atoms. The van der Waals surface area contributed by atoms with Crippen LogP contribution in [-0.2, 0) is 4.74 Å². The Kier molecular flexibility index (Phi) is 4.61. The molecule has 2 unspecified atom stereocenters. The van der Waals surface area contributed by atoms with E-state index in [-0.39, 0.29) is 12.1 Å². The third kappa shape index (κ3) is 3.03. The van der Waals surface area contributed by atoms with Crippen molar-refractivity contribution in [1.29, 1.82) is 0 Å². The average molecular weight is 249 g/mol. The van der Waals surface area contributed by atoms with Gasteiger partial charge in [0.1, 0.15) is 5.75 Å². The van der Waals surface area contributed by atoms with Crippen molar-refractivity contribution in [1.82, 2.24) is 5.32 Å². The van der Waals surface area contributed by atoms with Gasteiger partial charge in [0.15, 0.2) is 0 Å². The van der Waals surface area contributed by atoms with Gasteiger partial charge in [-0.25, -0.2) is 0 Å². The molecular formula is C15H23NO2. The van der Waals surface area contributed by atoms with Crippen LogP contribution >= 0.6 is 0 Å². The fraction of sp³-hybridized carbons (Fsp3) is 0.600. The van der Waals surface area contributed by atoms with Crippen LogP contribution in [0.5, 0.6) is 5.75 Å². The molecule has 1 aromatic rings. The van der Waals surface area contributed by atoms with Crippen LogP contribution in [0.2, 0.25) is 0 Å². The van der Waals surface area contributed by atoms with Gasteiger partial charge in [-0.15, -0.1) is 0 Å². The predicted molar refractivity (Wildman–Crippen MR) is 72.9 cm³/mol. The Morgan fingerprint density at radius 3 is 2.72 bits per heavy atom. The number of ether oxygens (including phenoxy) is 2. The van der Waals surface area contributed by atoms with E-state index in [0.717, 1.165) is 12.4 Å². The van der Waals surface area contributed by atoms with Crippen molar-refractivity contribution < 1.29 is 9.47 Å². The highest BCUT2D eigenvalue weighted by Gasteiger charge is 2.37. The molecule has 1 saturated carbocycles. The molecule has 0 heterocycles. The van der Waals surface area contributed by atoms with Gasteiger partial charge in [0.2, 0.25) is 0 Å². The summed E-state index contributed by atoms with van der Waals surface area (Å²) in [4.78, 5) is 0. The number of nitrogens with one attached hydrogen (secondary N) is 1. The molecule has 3 nitrogen and oxygen atoms in total. The van der Waals surface area contributed by atoms with Crippen LogP contribution in [0, 0.1) is 5.92 Å². The molecule has 3 heteroatoms. The summed E-state index contributed by atoms with van der Waals surface area (Å²) in [5.41, 5.74) is 1.24. The Hall–Kier alpha value is -1.06. The van der Waals surface area contributed by atoms with Crippen molar-refractivity contribution in [3.63, 3.8) is 0 Å². The quantitative estimate of drug-likeness (QED) is 0.806. The molecule has 18 heavy (non-hydrogen) atoms. The van der Waals surface area contributed by atoms with Crippen LogP contribution in [0.25, 0.3) is 0 Å². The van der Waals surface area contributed by atoms with E-state index in [1.165, 1.54) is 18.4 Å². The average Bonchev–Trinajstić information content (AvgIpc) is 3.23. The van der Waals surface area contributed by atoms with Crippen molar-refractivity contribution in [3.05, 3.63) is 29.8 Å². The Morgan fingerprint density at radius 2 is 2.17 bits per heavy atom. The normalized spacial score (nSPS) is 18.4. The van der Waals surface area contributed by atoms with Gasteiger partial charge < -0.3 is 14.8 Å². The summed E-state index contributed by atoms with van der Waals surface area (Å²) in [6, 6.07) is 8.48. The fourth-order valence-electron chi connectivity index (χ4n) is 2.48. The van der Waals surface area contributed by atoms with Gasteiger partial charge >= 0.3 is 0 Å². The van der Waals surface area contributed by atoms with Crippen LogP contribution in [-0.4, -0.2) is 26.9 Å². The zero-order chi connectivity index (χ0) is 13.0. The highest BCUT2D eigenvalue weighted by Crippen LogP contribution is 2.40. The molecule has 1 aliphatic rings. The highest BCUT2D eigenvalue weighted by atomic mass is 16.5. The largest absolute Gasteiger partial charge is 0.497 e. The molecule has 0 aliphatic heterocycles. The number of hydrogen-bond acceptors (Lipinski definition) is 3. The lowest BCUT2D eigenvalue weighted by Gasteiger charge is -2.27. The molecule has 0 amide bonds. The molecule has 2 atom stereocenters. The van der Waals surface area contributed by atoms with Gasteiger partial charge in [-0.3, -0.25) is 0 Å². The van der Waals surface area contributed by atoms with Gasteiger partial charge in [-0.2, -0.15) is 0 Å². The number of hydrogen-bond donors (Lipinski definition) is 1. The minimum Gasteiger partial charge on any atom is -0.497 e. The lowest BCUT2D eigenvalue weighted by molar-refractivity contribution is 0.0204. The van der Waals surface area contributed by atoms with E-state index < -0.39 is 0 Å². The first kappa shape index (κ1) is 13.4. The van der Waals surface area contributed by atoms with Crippen molar-refractivity contribution in [2.45, 2.75) is 31.9 Å². The maximum Gasteiger partial charge on any atom is 0.119 e. The second-order valence-electron chi connectivity index (χ2n) is 4.80. The summed E-state index contributed by atoms with van der Waals surface area (Å²) in [7, 11) is 3.70. The first-order valence-electron chi connectivity index (χ1n) is 6.73. The van der Waals surface area contributed by atoms with Crippen molar-refractivity contribution in [2.75, 3.05) is 20.8 Å². The maximum absolute atomic E-state index is 5.94. The molecule has 1 aliphatic carbocycles. The summed E-state index contributed by atoms with van der Waals surface area (Å²) in [5, 5.41) is 3.40. The Bertz CT molecular complexity index is 377. The molecule has 1 N–H and O–H groups in total. The van der Waals surface area contributed by atoms with Crippen LogP contribution < -0.4 is 10.1 Å². The molecule has 0 radical (unpaired) electrons. The van der Waals surface area contributed by atoms with Gasteiger partial charge in [-0.05, 0) is 50.4 Å². The Balaban J connectivity index is 2.19. The smallest absolute Gasteiger partial charge is 0.119 e. The standard InChI is InChI=1S/C15H23NO2/c1-4-18-15(11-8-9-11)14(16-2)12-6-5-7-13(10-12)17-3/h5-7,10-11,14-16H,4,8-9H2,1-3H3. The highest BCUT2D eigenvalue weighted by molar-refractivity contribution is 5.31. The molecule has 2 rings (SSSR count). The summed E-state index contributed by atoms with van der Waals surface area (Å²) in [6.07, 6.45) is 2.84. The van der Waals surface area contributed by atoms with E-state index in [2.05, 4.69) is 24.4 Å². The van der Waals surface area contributed by atoms with E-state index in [1.807, 2.05) is 19.2 Å².